The van der Waals surface area contributed by atoms with Crippen LogP contribution in [0.2, 0.25) is 0 Å². The second-order valence-corrected chi connectivity index (χ2v) is 5.59. The lowest BCUT2D eigenvalue weighted by atomic mass is 10.0. The van der Waals surface area contributed by atoms with Crippen molar-refractivity contribution < 1.29 is 14.7 Å². The van der Waals surface area contributed by atoms with Crippen molar-refractivity contribution in [1.29, 1.82) is 0 Å². The Balaban J connectivity index is 4.28. The number of hydrogen-bond donors (Lipinski definition) is 3. The van der Waals surface area contributed by atoms with Crippen LogP contribution in [0.3, 0.4) is 0 Å². The number of hydrogen-bond acceptors (Lipinski definition) is 4. The van der Waals surface area contributed by atoms with Crippen LogP contribution in [0.1, 0.15) is 33.6 Å². The molecule has 0 radical (unpaired) electrons. The van der Waals surface area contributed by atoms with Gasteiger partial charge in [-0.15, -0.1) is 0 Å². The van der Waals surface area contributed by atoms with E-state index in [0.717, 1.165) is 19.4 Å². The topological polar surface area (TPSA) is 78.4 Å². The van der Waals surface area contributed by atoms with Crippen LogP contribution in [0.5, 0.6) is 0 Å². The van der Waals surface area contributed by atoms with E-state index in [1.807, 2.05) is 0 Å². The monoisotopic (exact) mass is 276 g/mol. The van der Waals surface area contributed by atoms with E-state index in [1.54, 1.807) is 11.8 Å². The fourth-order valence-corrected chi connectivity index (χ4v) is 2.57. The fourth-order valence-electron chi connectivity index (χ4n) is 1.75. The molecule has 1 amide bonds. The summed E-state index contributed by atoms with van der Waals surface area (Å²) < 4.78 is 0.138. The van der Waals surface area contributed by atoms with Crippen molar-refractivity contribution in [3.8, 4) is 0 Å². The van der Waals surface area contributed by atoms with Gasteiger partial charge in [-0.25, -0.2) is 4.79 Å². The van der Waals surface area contributed by atoms with E-state index in [-0.39, 0.29) is 17.2 Å². The summed E-state index contributed by atoms with van der Waals surface area (Å²) in [4.78, 5) is 21.8. The smallest absolute Gasteiger partial charge is 0.327 e. The molecule has 0 bridgehead atoms. The summed E-state index contributed by atoms with van der Waals surface area (Å²) in [5.41, 5.74) is 0. The minimum atomic E-state index is -1.01. The number of amides is 1. The van der Waals surface area contributed by atoms with Crippen LogP contribution >= 0.6 is 11.8 Å². The maximum atomic E-state index is 10.9. The largest absolute Gasteiger partial charge is 0.480 e. The first kappa shape index (κ1) is 17.2. The molecule has 106 valence electrons. The van der Waals surface area contributed by atoms with Gasteiger partial charge in [0.05, 0.1) is 0 Å². The van der Waals surface area contributed by atoms with Crippen molar-refractivity contribution >= 4 is 23.6 Å². The average molecular weight is 276 g/mol. The molecular weight excluding hydrogens is 252 g/mol. The predicted octanol–water partition coefficient (Wildman–Crippen LogP) is 1.09. The minimum absolute atomic E-state index is 0.138. The third kappa shape index (κ3) is 5.73. The Bertz CT molecular complexity index is 272. The van der Waals surface area contributed by atoms with Gasteiger partial charge in [0.1, 0.15) is 6.04 Å². The van der Waals surface area contributed by atoms with Crippen molar-refractivity contribution in [1.82, 2.24) is 10.6 Å². The normalized spacial score (nSPS) is 13.1. The highest BCUT2D eigenvalue weighted by molar-refractivity contribution is 8.00. The van der Waals surface area contributed by atoms with Gasteiger partial charge in [0.15, 0.2) is 0 Å². The van der Waals surface area contributed by atoms with Crippen LogP contribution in [-0.2, 0) is 9.59 Å². The summed E-state index contributed by atoms with van der Waals surface area (Å²) in [6.07, 6.45) is 4.11. The molecule has 0 heterocycles. The van der Waals surface area contributed by atoms with Gasteiger partial charge in [0.2, 0.25) is 5.91 Å². The highest BCUT2D eigenvalue weighted by Gasteiger charge is 2.25. The third-order valence-electron chi connectivity index (χ3n) is 3.19. The number of aliphatic carboxylic acids is 1. The van der Waals surface area contributed by atoms with E-state index in [4.69, 9.17) is 5.11 Å². The maximum Gasteiger partial charge on any atom is 0.327 e. The third-order valence-corrected chi connectivity index (χ3v) is 4.78. The average Bonchev–Trinajstić information content (AvgIpc) is 2.33. The molecule has 3 N–H and O–H groups in total. The molecule has 0 aromatic rings. The van der Waals surface area contributed by atoms with E-state index >= 15 is 0 Å². The Labute approximate surface area is 113 Å². The molecular formula is C12H24N2O3S. The zero-order valence-corrected chi connectivity index (χ0v) is 12.4. The molecule has 6 heteroatoms. The molecule has 0 aromatic heterocycles. The first-order valence-electron chi connectivity index (χ1n) is 6.16. The number of carbonyl (C=O) groups excluding carboxylic acids is 1. The van der Waals surface area contributed by atoms with Crippen LogP contribution in [0.25, 0.3) is 0 Å². The summed E-state index contributed by atoms with van der Waals surface area (Å²) in [6.45, 7) is 6.57. The number of nitrogens with one attached hydrogen (secondary N) is 2. The molecule has 0 saturated carbocycles. The number of thioether (sulfide) groups is 1. The summed E-state index contributed by atoms with van der Waals surface area (Å²) >= 11 is 1.79. The molecule has 0 aliphatic heterocycles. The van der Waals surface area contributed by atoms with Crippen LogP contribution in [0, 0.1) is 0 Å². The van der Waals surface area contributed by atoms with Crippen molar-refractivity contribution in [3.63, 3.8) is 0 Å². The SMILES string of the molecule is CCC(CC)(CNCC(NC(C)=O)C(=O)O)SC. The standard InChI is InChI=1S/C12H24N2O3S/c1-5-12(6-2,18-4)8-13-7-10(11(16)17)14-9(3)15/h10,13H,5-8H2,1-4H3,(H,14,15)(H,16,17). The Morgan fingerprint density at radius 2 is 1.89 bits per heavy atom. The van der Waals surface area contributed by atoms with Crippen molar-refractivity contribution in [2.24, 2.45) is 0 Å². The molecule has 5 nitrogen and oxygen atoms in total. The van der Waals surface area contributed by atoms with Crippen LogP contribution in [0.15, 0.2) is 0 Å². The molecule has 0 saturated heterocycles. The van der Waals surface area contributed by atoms with Crippen molar-refractivity contribution in [2.75, 3.05) is 19.3 Å². The highest BCUT2D eigenvalue weighted by atomic mass is 32.2. The second-order valence-electron chi connectivity index (χ2n) is 4.32. The van der Waals surface area contributed by atoms with Crippen molar-refractivity contribution in [2.45, 2.75) is 44.4 Å². The molecule has 0 spiro atoms. The van der Waals surface area contributed by atoms with Gasteiger partial charge >= 0.3 is 5.97 Å². The number of carboxylic acid groups (broad SMARTS) is 1. The van der Waals surface area contributed by atoms with Gasteiger partial charge < -0.3 is 15.7 Å². The van der Waals surface area contributed by atoms with Gasteiger partial charge in [0, 0.05) is 24.8 Å². The molecule has 0 aliphatic rings. The Morgan fingerprint density at radius 1 is 1.33 bits per heavy atom. The molecule has 0 aliphatic carbocycles. The lowest BCUT2D eigenvalue weighted by molar-refractivity contribution is -0.141. The van der Waals surface area contributed by atoms with Crippen molar-refractivity contribution in [3.05, 3.63) is 0 Å². The Morgan fingerprint density at radius 3 is 2.22 bits per heavy atom. The van der Waals surface area contributed by atoms with E-state index in [0.29, 0.717) is 0 Å². The zero-order valence-electron chi connectivity index (χ0n) is 11.6. The van der Waals surface area contributed by atoms with Crippen LogP contribution in [-0.4, -0.2) is 47.1 Å². The molecule has 0 rings (SSSR count). The molecule has 18 heavy (non-hydrogen) atoms. The second kappa shape index (κ2) is 8.37. The van der Waals surface area contributed by atoms with Gasteiger partial charge in [-0.1, -0.05) is 13.8 Å². The summed E-state index contributed by atoms with van der Waals surface area (Å²) in [5, 5.41) is 14.5. The first-order valence-corrected chi connectivity index (χ1v) is 7.39. The molecule has 0 fully saturated rings. The number of carboxylic acids is 1. The summed E-state index contributed by atoms with van der Waals surface area (Å²) in [7, 11) is 0. The fraction of sp³-hybridized carbons (Fsp3) is 0.833. The van der Waals surface area contributed by atoms with Gasteiger partial charge in [-0.2, -0.15) is 11.8 Å². The number of rotatable bonds is 9. The highest BCUT2D eigenvalue weighted by Crippen LogP contribution is 2.29. The summed E-state index contributed by atoms with van der Waals surface area (Å²) in [6, 6.07) is -0.865. The molecule has 1 unspecified atom stereocenters. The maximum absolute atomic E-state index is 10.9. The van der Waals surface area contributed by atoms with Gasteiger partial charge in [-0.3, -0.25) is 4.79 Å². The molecule has 0 aromatic carbocycles. The van der Waals surface area contributed by atoms with E-state index < -0.39 is 12.0 Å². The van der Waals surface area contributed by atoms with E-state index in [9.17, 15) is 9.59 Å². The first-order chi connectivity index (χ1) is 8.40. The molecule has 1 atom stereocenters. The van der Waals surface area contributed by atoms with Gasteiger partial charge in [-0.05, 0) is 19.1 Å². The summed E-state index contributed by atoms with van der Waals surface area (Å²) in [5.74, 6) is -1.34. The number of carbonyl (C=O) groups is 2. The quantitative estimate of drug-likeness (QED) is 0.587. The van der Waals surface area contributed by atoms with E-state index in [2.05, 4.69) is 30.7 Å². The lowest BCUT2D eigenvalue weighted by Gasteiger charge is -2.30. The van der Waals surface area contributed by atoms with Crippen LogP contribution in [0.4, 0.5) is 0 Å². The predicted molar refractivity (Wildman–Crippen MR) is 74.9 cm³/mol. The minimum Gasteiger partial charge on any atom is -0.480 e. The van der Waals surface area contributed by atoms with Crippen LogP contribution < -0.4 is 10.6 Å². The Hall–Kier alpha value is -0.750. The van der Waals surface area contributed by atoms with E-state index in [1.165, 1.54) is 6.92 Å². The van der Waals surface area contributed by atoms with Gasteiger partial charge in [0.25, 0.3) is 0 Å². The zero-order chi connectivity index (χ0) is 14.2. The Kier molecular flexibility index (Phi) is 8.02. The lowest BCUT2D eigenvalue weighted by Crippen LogP contribution is -2.49.